The fraction of sp³-hybridized carbons (Fsp3) is 0.467. The van der Waals surface area contributed by atoms with E-state index in [1.165, 1.54) is 0 Å². The van der Waals surface area contributed by atoms with Gasteiger partial charge in [0.1, 0.15) is 16.9 Å². The summed E-state index contributed by atoms with van der Waals surface area (Å²) in [6.45, 7) is 0. The molecule has 1 fully saturated rings. The molecule has 1 heterocycles. The van der Waals surface area contributed by atoms with Gasteiger partial charge in [-0.3, -0.25) is 0 Å². The maximum absolute atomic E-state index is 10.8. The zero-order valence-corrected chi connectivity index (χ0v) is 10.6. The van der Waals surface area contributed by atoms with Crippen LogP contribution in [0.1, 0.15) is 31.4 Å². The molecule has 1 N–H and O–H groups in total. The van der Waals surface area contributed by atoms with E-state index in [9.17, 15) is 5.11 Å². The third-order valence-corrected chi connectivity index (χ3v) is 3.90. The number of ether oxygens (including phenoxy) is 1. The van der Waals surface area contributed by atoms with Gasteiger partial charge < -0.3 is 14.3 Å². The number of hydrogen-bond acceptors (Lipinski definition) is 3. The van der Waals surface area contributed by atoms with Crippen LogP contribution in [0, 0.1) is 0 Å². The number of fused-ring (bicyclic) bond motifs is 1. The monoisotopic (exact) mass is 246 g/mol. The van der Waals surface area contributed by atoms with Crippen LogP contribution in [-0.4, -0.2) is 18.3 Å². The van der Waals surface area contributed by atoms with Gasteiger partial charge in [-0.25, -0.2) is 0 Å². The zero-order chi connectivity index (χ0) is 12.6. The maximum Gasteiger partial charge on any atom is 0.136 e. The molecule has 0 aliphatic heterocycles. The van der Waals surface area contributed by atoms with Crippen LogP contribution in [0.5, 0.6) is 0 Å². The molecular weight excluding hydrogens is 228 g/mol. The number of methoxy groups -OCH3 is 1. The maximum atomic E-state index is 10.8. The van der Waals surface area contributed by atoms with Gasteiger partial charge in [0.05, 0.1) is 6.10 Å². The molecule has 2 aromatic rings. The molecular formula is C15H18O3. The Bertz CT molecular complexity index is 512. The molecule has 0 bridgehead atoms. The fourth-order valence-corrected chi connectivity index (χ4v) is 2.84. The van der Waals surface area contributed by atoms with Crippen molar-refractivity contribution in [2.45, 2.75) is 37.4 Å². The summed E-state index contributed by atoms with van der Waals surface area (Å²) in [6.07, 6.45) is 3.46. The largest absolute Gasteiger partial charge is 0.458 e. The third-order valence-electron chi connectivity index (χ3n) is 3.90. The van der Waals surface area contributed by atoms with Crippen molar-refractivity contribution in [3.63, 3.8) is 0 Å². The molecule has 2 unspecified atom stereocenters. The average molecular weight is 246 g/mol. The van der Waals surface area contributed by atoms with Crippen molar-refractivity contribution in [3.8, 4) is 0 Å². The molecule has 3 heteroatoms. The standard InChI is InChI=1S/C15H18O3/c1-17-12-6-4-8-15(16,10-12)14-9-11-5-2-3-7-13(11)18-14/h2-3,5,7,9,12,16H,4,6,8,10H2,1H3. The van der Waals surface area contributed by atoms with E-state index in [0.29, 0.717) is 12.2 Å². The van der Waals surface area contributed by atoms with E-state index in [1.807, 2.05) is 30.3 Å². The number of furan rings is 1. The molecule has 0 amide bonds. The lowest BCUT2D eigenvalue weighted by atomic mass is 9.81. The number of rotatable bonds is 2. The highest BCUT2D eigenvalue weighted by molar-refractivity contribution is 5.77. The summed E-state index contributed by atoms with van der Waals surface area (Å²) in [5.74, 6) is 0.672. The lowest BCUT2D eigenvalue weighted by Crippen LogP contribution is -2.35. The second-order valence-corrected chi connectivity index (χ2v) is 5.13. The molecule has 0 saturated heterocycles. The smallest absolute Gasteiger partial charge is 0.136 e. The number of hydrogen-bond donors (Lipinski definition) is 1. The highest BCUT2D eigenvalue weighted by atomic mass is 16.5. The van der Waals surface area contributed by atoms with Gasteiger partial charge in [0.25, 0.3) is 0 Å². The number of para-hydroxylation sites is 1. The van der Waals surface area contributed by atoms with Crippen molar-refractivity contribution in [3.05, 3.63) is 36.1 Å². The Morgan fingerprint density at radius 3 is 3.00 bits per heavy atom. The minimum atomic E-state index is -0.877. The first kappa shape index (κ1) is 11.8. The van der Waals surface area contributed by atoms with Crippen molar-refractivity contribution in [1.82, 2.24) is 0 Å². The van der Waals surface area contributed by atoms with Gasteiger partial charge >= 0.3 is 0 Å². The lowest BCUT2D eigenvalue weighted by Gasteiger charge is -2.34. The van der Waals surface area contributed by atoms with Crippen LogP contribution in [0.2, 0.25) is 0 Å². The summed E-state index contributed by atoms with van der Waals surface area (Å²) in [5.41, 5.74) is -0.0433. The Morgan fingerprint density at radius 2 is 2.22 bits per heavy atom. The second kappa shape index (κ2) is 4.41. The van der Waals surface area contributed by atoms with E-state index >= 15 is 0 Å². The van der Waals surface area contributed by atoms with Gasteiger partial charge in [-0.05, 0) is 31.4 Å². The molecule has 1 aliphatic rings. The third kappa shape index (κ3) is 1.93. The average Bonchev–Trinajstić information content (AvgIpc) is 2.83. The predicted octanol–water partition coefficient (Wildman–Crippen LogP) is 3.21. The summed E-state index contributed by atoms with van der Waals surface area (Å²) in [4.78, 5) is 0. The van der Waals surface area contributed by atoms with E-state index in [-0.39, 0.29) is 6.10 Å². The Kier molecular flexibility index (Phi) is 2.88. The van der Waals surface area contributed by atoms with E-state index in [0.717, 1.165) is 30.2 Å². The van der Waals surface area contributed by atoms with Crippen LogP contribution >= 0.6 is 0 Å². The fourth-order valence-electron chi connectivity index (χ4n) is 2.84. The summed E-state index contributed by atoms with van der Waals surface area (Å²) in [5, 5.41) is 11.8. The van der Waals surface area contributed by atoms with Crippen molar-refractivity contribution in [1.29, 1.82) is 0 Å². The Morgan fingerprint density at radius 1 is 1.39 bits per heavy atom. The molecule has 0 radical (unpaired) electrons. The molecule has 0 spiro atoms. The number of aliphatic hydroxyl groups is 1. The molecule has 3 nitrogen and oxygen atoms in total. The van der Waals surface area contributed by atoms with Crippen LogP contribution in [0.15, 0.2) is 34.7 Å². The molecule has 3 rings (SSSR count). The predicted molar refractivity (Wildman–Crippen MR) is 69.4 cm³/mol. The highest BCUT2D eigenvalue weighted by Gasteiger charge is 2.38. The number of benzene rings is 1. The molecule has 1 aliphatic carbocycles. The quantitative estimate of drug-likeness (QED) is 0.884. The van der Waals surface area contributed by atoms with Gasteiger partial charge in [-0.15, -0.1) is 0 Å². The second-order valence-electron chi connectivity index (χ2n) is 5.13. The van der Waals surface area contributed by atoms with Crippen molar-refractivity contribution < 1.29 is 14.3 Å². The van der Waals surface area contributed by atoms with Gasteiger partial charge in [-0.2, -0.15) is 0 Å². The normalized spacial score (nSPS) is 28.7. The lowest BCUT2D eigenvalue weighted by molar-refractivity contribution is -0.0744. The van der Waals surface area contributed by atoms with Gasteiger partial charge in [0, 0.05) is 18.9 Å². The van der Waals surface area contributed by atoms with Crippen LogP contribution in [0.3, 0.4) is 0 Å². The Balaban J connectivity index is 1.96. The van der Waals surface area contributed by atoms with E-state index in [4.69, 9.17) is 9.15 Å². The molecule has 1 aromatic heterocycles. The van der Waals surface area contributed by atoms with Gasteiger partial charge in [0.2, 0.25) is 0 Å². The van der Waals surface area contributed by atoms with Crippen molar-refractivity contribution >= 4 is 11.0 Å². The van der Waals surface area contributed by atoms with Crippen LogP contribution < -0.4 is 0 Å². The summed E-state index contributed by atoms with van der Waals surface area (Å²) in [7, 11) is 1.70. The molecule has 2 atom stereocenters. The molecule has 1 aromatic carbocycles. The topological polar surface area (TPSA) is 42.6 Å². The van der Waals surface area contributed by atoms with Crippen LogP contribution in [0.25, 0.3) is 11.0 Å². The minimum Gasteiger partial charge on any atom is -0.458 e. The first-order valence-electron chi connectivity index (χ1n) is 6.45. The SMILES string of the molecule is COC1CCCC(O)(c2cc3ccccc3o2)C1. The van der Waals surface area contributed by atoms with Crippen LogP contribution in [-0.2, 0) is 10.3 Å². The Labute approximate surface area is 106 Å². The molecule has 96 valence electrons. The van der Waals surface area contributed by atoms with Gasteiger partial charge in [-0.1, -0.05) is 18.2 Å². The van der Waals surface area contributed by atoms with Crippen molar-refractivity contribution in [2.75, 3.05) is 7.11 Å². The highest BCUT2D eigenvalue weighted by Crippen LogP contribution is 2.40. The van der Waals surface area contributed by atoms with Gasteiger partial charge in [0.15, 0.2) is 0 Å². The zero-order valence-electron chi connectivity index (χ0n) is 10.6. The first-order valence-corrected chi connectivity index (χ1v) is 6.45. The summed E-state index contributed by atoms with van der Waals surface area (Å²) < 4.78 is 11.2. The molecule has 1 saturated carbocycles. The summed E-state index contributed by atoms with van der Waals surface area (Å²) in [6, 6.07) is 9.80. The van der Waals surface area contributed by atoms with E-state index in [2.05, 4.69) is 0 Å². The van der Waals surface area contributed by atoms with E-state index in [1.54, 1.807) is 7.11 Å². The molecule has 18 heavy (non-hydrogen) atoms. The van der Waals surface area contributed by atoms with E-state index < -0.39 is 5.60 Å². The summed E-state index contributed by atoms with van der Waals surface area (Å²) >= 11 is 0. The Hall–Kier alpha value is -1.32. The minimum absolute atomic E-state index is 0.122. The first-order chi connectivity index (χ1) is 8.71. The van der Waals surface area contributed by atoms with Crippen LogP contribution in [0.4, 0.5) is 0 Å². The van der Waals surface area contributed by atoms with Crippen molar-refractivity contribution in [2.24, 2.45) is 0 Å².